The van der Waals surface area contributed by atoms with E-state index in [0.29, 0.717) is 12.5 Å². The number of hydrogen-bond acceptors (Lipinski definition) is 2. The van der Waals surface area contributed by atoms with E-state index in [-0.39, 0.29) is 18.3 Å². The van der Waals surface area contributed by atoms with Crippen molar-refractivity contribution < 1.29 is 4.79 Å². The van der Waals surface area contributed by atoms with Gasteiger partial charge in [-0.15, -0.1) is 12.4 Å². The Labute approximate surface area is 122 Å². The highest BCUT2D eigenvalue weighted by atomic mass is 79.9. The lowest BCUT2D eigenvalue weighted by molar-refractivity contribution is -0.121. The minimum atomic E-state index is 0. The quantitative estimate of drug-likeness (QED) is 0.887. The summed E-state index contributed by atoms with van der Waals surface area (Å²) in [6, 6.07) is 8.43. The van der Waals surface area contributed by atoms with Crippen LogP contribution in [0.3, 0.4) is 0 Å². The van der Waals surface area contributed by atoms with Gasteiger partial charge in [0.15, 0.2) is 0 Å². The predicted molar refractivity (Wildman–Crippen MR) is 79.1 cm³/mol. The van der Waals surface area contributed by atoms with Crippen molar-refractivity contribution in [1.82, 2.24) is 10.6 Å². The lowest BCUT2D eigenvalue weighted by Crippen LogP contribution is -2.36. The standard InChI is InChI=1S/C13H17BrN2O.ClH/c14-11-3-1-2-10(8-11)4-5-13(17)16-12-6-7-15-9-12;/h1-3,8,12,15H,4-7,9H2,(H,16,17);1H. The van der Waals surface area contributed by atoms with E-state index in [1.807, 2.05) is 12.1 Å². The van der Waals surface area contributed by atoms with Crippen LogP contribution in [0.15, 0.2) is 28.7 Å². The minimum absolute atomic E-state index is 0. The number of hydrogen-bond donors (Lipinski definition) is 2. The van der Waals surface area contributed by atoms with Crippen LogP contribution in [-0.2, 0) is 11.2 Å². The fourth-order valence-electron chi connectivity index (χ4n) is 2.03. The Balaban J connectivity index is 0.00000162. The molecular formula is C13H18BrClN2O. The Morgan fingerprint density at radius 2 is 2.33 bits per heavy atom. The van der Waals surface area contributed by atoms with Crippen molar-refractivity contribution in [2.45, 2.75) is 25.3 Å². The Hall–Kier alpha value is -0.580. The summed E-state index contributed by atoms with van der Waals surface area (Å²) < 4.78 is 1.07. The molecule has 1 fully saturated rings. The number of carbonyl (C=O) groups excluding carboxylic acids is 1. The molecule has 1 heterocycles. The van der Waals surface area contributed by atoms with Crippen LogP contribution in [0.5, 0.6) is 0 Å². The SMILES string of the molecule is Cl.O=C(CCc1cccc(Br)c1)NC1CCNC1. The van der Waals surface area contributed by atoms with Crippen LogP contribution in [0.4, 0.5) is 0 Å². The number of amides is 1. The van der Waals surface area contributed by atoms with Gasteiger partial charge in [-0.3, -0.25) is 4.79 Å². The predicted octanol–water partition coefficient (Wildman–Crippen LogP) is 2.28. The van der Waals surface area contributed by atoms with Gasteiger partial charge in [0, 0.05) is 23.5 Å². The van der Waals surface area contributed by atoms with E-state index in [1.165, 1.54) is 5.56 Å². The molecule has 1 aliphatic heterocycles. The Morgan fingerprint density at radius 3 is 3.00 bits per heavy atom. The largest absolute Gasteiger partial charge is 0.352 e. The lowest BCUT2D eigenvalue weighted by atomic mass is 10.1. The highest BCUT2D eigenvalue weighted by Crippen LogP contribution is 2.13. The summed E-state index contributed by atoms with van der Waals surface area (Å²) in [7, 11) is 0. The Kier molecular flexibility index (Phi) is 6.68. The highest BCUT2D eigenvalue weighted by molar-refractivity contribution is 9.10. The van der Waals surface area contributed by atoms with Gasteiger partial charge >= 0.3 is 0 Å². The van der Waals surface area contributed by atoms with Gasteiger partial charge in [0.05, 0.1) is 0 Å². The molecule has 1 aromatic carbocycles. The third-order valence-electron chi connectivity index (χ3n) is 2.96. The zero-order valence-electron chi connectivity index (χ0n) is 10.1. The fraction of sp³-hybridized carbons (Fsp3) is 0.462. The first-order valence-electron chi connectivity index (χ1n) is 5.98. The van der Waals surface area contributed by atoms with Gasteiger partial charge in [0.2, 0.25) is 5.91 Å². The third-order valence-corrected chi connectivity index (χ3v) is 3.45. The first kappa shape index (κ1) is 15.5. The molecule has 0 aromatic heterocycles. The minimum Gasteiger partial charge on any atom is -0.352 e. The summed E-state index contributed by atoms with van der Waals surface area (Å²) in [5.74, 6) is 0.152. The summed E-state index contributed by atoms with van der Waals surface area (Å²) in [5, 5.41) is 6.29. The summed E-state index contributed by atoms with van der Waals surface area (Å²) in [6.45, 7) is 1.92. The number of rotatable bonds is 4. The smallest absolute Gasteiger partial charge is 0.220 e. The van der Waals surface area contributed by atoms with Crippen LogP contribution in [-0.4, -0.2) is 25.0 Å². The topological polar surface area (TPSA) is 41.1 Å². The maximum atomic E-state index is 11.7. The van der Waals surface area contributed by atoms with Crippen LogP contribution in [0, 0.1) is 0 Å². The van der Waals surface area contributed by atoms with Crippen LogP contribution >= 0.6 is 28.3 Å². The molecule has 3 nitrogen and oxygen atoms in total. The Bertz CT molecular complexity index is 394. The van der Waals surface area contributed by atoms with Gasteiger partial charge < -0.3 is 10.6 Å². The van der Waals surface area contributed by atoms with Gasteiger partial charge in [-0.05, 0) is 37.1 Å². The van der Waals surface area contributed by atoms with Crippen LogP contribution in [0.25, 0.3) is 0 Å². The zero-order chi connectivity index (χ0) is 12.1. The van der Waals surface area contributed by atoms with E-state index in [9.17, 15) is 4.79 Å². The maximum Gasteiger partial charge on any atom is 0.220 e. The molecular weight excluding hydrogens is 316 g/mol. The first-order valence-corrected chi connectivity index (χ1v) is 6.78. The van der Waals surface area contributed by atoms with Crippen molar-refractivity contribution in [2.75, 3.05) is 13.1 Å². The van der Waals surface area contributed by atoms with E-state index in [1.54, 1.807) is 0 Å². The van der Waals surface area contributed by atoms with E-state index < -0.39 is 0 Å². The van der Waals surface area contributed by atoms with E-state index in [2.05, 4.69) is 38.7 Å². The maximum absolute atomic E-state index is 11.7. The number of halogens is 2. The summed E-state index contributed by atoms with van der Waals surface area (Å²) >= 11 is 3.43. The number of nitrogens with one attached hydrogen (secondary N) is 2. The van der Waals surface area contributed by atoms with Gasteiger partial charge in [-0.2, -0.15) is 0 Å². The molecule has 0 radical (unpaired) electrons. The monoisotopic (exact) mass is 332 g/mol. The molecule has 1 aromatic rings. The summed E-state index contributed by atoms with van der Waals surface area (Å²) in [5.41, 5.74) is 1.19. The molecule has 1 atom stereocenters. The molecule has 0 saturated carbocycles. The molecule has 0 aliphatic carbocycles. The second-order valence-electron chi connectivity index (χ2n) is 4.39. The molecule has 1 amide bonds. The van der Waals surface area contributed by atoms with Crippen molar-refractivity contribution in [3.63, 3.8) is 0 Å². The van der Waals surface area contributed by atoms with Crippen LogP contribution < -0.4 is 10.6 Å². The van der Waals surface area contributed by atoms with Gasteiger partial charge in [0.25, 0.3) is 0 Å². The normalized spacial score (nSPS) is 18.2. The number of aryl methyl sites for hydroxylation is 1. The molecule has 1 saturated heterocycles. The Morgan fingerprint density at radius 1 is 1.50 bits per heavy atom. The van der Waals surface area contributed by atoms with Gasteiger partial charge in [0.1, 0.15) is 0 Å². The van der Waals surface area contributed by atoms with Gasteiger partial charge in [-0.1, -0.05) is 28.1 Å². The van der Waals surface area contributed by atoms with E-state index in [0.717, 1.165) is 30.4 Å². The number of carbonyl (C=O) groups is 1. The molecule has 0 spiro atoms. The third kappa shape index (κ3) is 4.96. The summed E-state index contributed by atoms with van der Waals surface area (Å²) in [4.78, 5) is 11.7. The van der Waals surface area contributed by atoms with Crippen molar-refractivity contribution in [3.8, 4) is 0 Å². The second-order valence-corrected chi connectivity index (χ2v) is 5.30. The number of benzene rings is 1. The van der Waals surface area contributed by atoms with Crippen LogP contribution in [0.1, 0.15) is 18.4 Å². The molecule has 18 heavy (non-hydrogen) atoms. The van der Waals surface area contributed by atoms with E-state index in [4.69, 9.17) is 0 Å². The fourth-order valence-corrected chi connectivity index (χ4v) is 2.47. The summed E-state index contributed by atoms with van der Waals surface area (Å²) in [6.07, 6.45) is 2.40. The highest BCUT2D eigenvalue weighted by Gasteiger charge is 2.16. The van der Waals surface area contributed by atoms with Crippen molar-refractivity contribution >= 4 is 34.2 Å². The molecule has 1 unspecified atom stereocenters. The van der Waals surface area contributed by atoms with Gasteiger partial charge in [-0.25, -0.2) is 0 Å². The van der Waals surface area contributed by atoms with Crippen molar-refractivity contribution in [2.24, 2.45) is 0 Å². The molecule has 2 rings (SSSR count). The average Bonchev–Trinajstić information content (AvgIpc) is 2.79. The molecule has 2 N–H and O–H groups in total. The second kappa shape index (κ2) is 7.77. The molecule has 100 valence electrons. The van der Waals surface area contributed by atoms with Crippen LogP contribution in [0.2, 0.25) is 0 Å². The van der Waals surface area contributed by atoms with Crippen molar-refractivity contribution in [1.29, 1.82) is 0 Å². The van der Waals surface area contributed by atoms with E-state index >= 15 is 0 Å². The zero-order valence-corrected chi connectivity index (χ0v) is 12.5. The molecule has 1 aliphatic rings. The lowest BCUT2D eigenvalue weighted by Gasteiger charge is -2.11. The van der Waals surface area contributed by atoms with Crippen molar-refractivity contribution in [3.05, 3.63) is 34.3 Å². The molecule has 5 heteroatoms. The average molecular weight is 334 g/mol. The molecule has 0 bridgehead atoms. The first-order chi connectivity index (χ1) is 8.24.